The minimum absolute atomic E-state index is 0.00848. The summed E-state index contributed by atoms with van der Waals surface area (Å²) in [7, 11) is 3.48. The summed E-state index contributed by atoms with van der Waals surface area (Å²) in [6, 6.07) is 7.80. The van der Waals surface area contributed by atoms with Crippen molar-refractivity contribution in [2.24, 2.45) is 0 Å². The Kier molecular flexibility index (Phi) is 7.12. The van der Waals surface area contributed by atoms with E-state index >= 15 is 0 Å². The Labute approximate surface area is 148 Å². The van der Waals surface area contributed by atoms with Gasteiger partial charge in [0.2, 0.25) is 5.91 Å². The van der Waals surface area contributed by atoms with Gasteiger partial charge in [0.25, 0.3) is 5.91 Å². The molecule has 0 aromatic heterocycles. The average molecular weight is 350 g/mol. The summed E-state index contributed by atoms with van der Waals surface area (Å²) in [4.78, 5) is 27.9. The second kappa shape index (κ2) is 9.08. The summed E-state index contributed by atoms with van der Waals surface area (Å²) in [5.41, 5.74) is 1.72. The molecule has 5 nitrogen and oxygen atoms in total. The first kappa shape index (κ1) is 18.8. The quantitative estimate of drug-likeness (QED) is 0.851. The number of thioether (sulfide) groups is 1. The molecule has 1 aliphatic heterocycles. The molecule has 1 heterocycles. The summed E-state index contributed by atoms with van der Waals surface area (Å²) in [5.74, 6) is 2.31. The van der Waals surface area contributed by atoms with Gasteiger partial charge < -0.3 is 15.1 Å². The number of carbonyl (C=O) groups excluding carboxylic acids is 2. The van der Waals surface area contributed by atoms with Gasteiger partial charge in [0, 0.05) is 63.3 Å². The molecule has 0 bridgehead atoms. The van der Waals surface area contributed by atoms with E-state index in [0.717, 1.165) is 23.6 Å². The molecular formula is C18H27N3O2S. The molecule has 0 spiro atoms. The van der Waals surface area contributed by atoms with Crippen molar-refractivity contribution in [3.63, 3.8) is 0 Å². The first-order valence-electron chi connectivity index (χ1n) is 8.40. The highest BCUT2D eigenvalue weighted by Crippen LogP contribution is 2.14. The molecule has 1 aliphatic rings. The van der Waals surface area contributed by atoms with Crippen LogP contribution in [0.1, 0.15) is 29.3 Å². The van der Waals surface area contributed by atoms with Gasteiger partial charge in [0.15, 0.2) is 0 Å². The summed E-state index contributed by atoms with van der Waals surface area (Å²) in [5, 5.41) is 3.41. The molecule has 1 aromatic rings. The SMILES string of the molecule is CCN(Cc1ccc(C(=O)N(C)C)cc1)C(=O)CC1CSCCN1. The second-order valence-corrected chi connectivity index (χ2v) is 7.38. The third kappa shape index (κ3) is 5.24. The Balaban J connectivity index is 1.93. The lowest BCUT2D eigenvalue weighted by Gasteiger charge is -2.27. The van der Waals surface area contributed by atoms with Crippen molar-refractivity contribution in [2.75, 3.05) is 38.7 Å². The van der Waals surface area contributed by atoms with E-state index in [1.54, 1.807) is 19.0 Å². The number of nitrogens with one attached hydrogen (secondary N) is 1. The van der Waals surface area contributed by atoms with Crippen LogP contribution in [-0.2, 0) is 11.3 Å². The highest BCUT2D eigenvalue weighted by Gasteiger charge is 2.20. The van der Waals surface area contributed by atoms with Gasteiger partial charge >= 0.3 is 0 Å². The Morgan fingerprint density at radius 2 is 1.96 bits per heavy atom. The highest BCUT2D eigenvalue weighted by molar-refractivity contribution is 7.99. The van der Waals surface area contributed by atoms with Crippen molar-refractivity contribution >= 4 is 23.6 Å². The van der Waals surface area contributed by atoms with E-state index in [2.05, 4.69) is 5.32 Å². The van der Waals surface area contributed by atoms with Gasteiger partial charge in [-0.3, -0.25) is 9.59 Å². The lowest BCUT2D eigenvalue weighted by Crippen LogP contribution is -2.42. The number of nitrogens with zero attached hydrogens (tertiary/aromatic N) is 2. The maximum absolute atomic E-state index is 12.5. The van der Waals surface area contributed by atoms with Gasteiger partial charge in [-0.25, -0.2) is 0 Å². The molecule has 24 heavy (non-hydrogen) atoms. The lowest BCUT2D eigenvalue weighted by atomic mass is 10.1. The van der Waals surface area contributed by atoms with Crippen molar-refractivity contribution < 1.29 is 9.59 Å². The monoisotopic (exact) mass is 349 g/mol. The predicted molar refractivity (Wildman–Crippen MR) is 99.3 cm³/mol. The van der Waals surface area contributed by atoms with Crippen LogP contribution in [0.2, 0.25) is 0 Å². The molecule has 1 fully saturated rings. The van der Waals surface area contributed by atoms with Crippen LogP contribution >= 0.6 is 11.8 Å². The average Bonchev–Trinajstić information content (AvgIpc) is 2.60. The summed E-state index contributed by atoms with van der Waals surface area (Å²) < 4.78 is 0. The van der Waals surface area contributed by atoms with E-state index < -0.39 is 0 Å². The van der Waals surface area contributed by atoms with E-state index in [0.29, 0.717) is 25.1 Å². The Bertz CT molecular complexity index is 554. The molecule has 1 unspecified atom stereocenters. The van der Waals surface area contributed by atoms with Crippen molar-refractivity contribution in [3.05, 3.63) is 35.4 Å². The standard InChI is InChI=1S/C18H27N3O2S/c1-4-21(17(22)11-16-13-24-10-9-19-16)12-14-5-7-15(8-6-14)18(23)20(2)3/h5-8,16,19H,4,9-13H2,1-3H3. The molecule has 6 heteroatoms. The lowest BCUT2D eigenvalue weighted by molar-refractivity contribution is -0.132. The number of benzene rings is 1. The number of carbonyl (C=O) groups is 2. The predicted octanol–water partition coefficient (Wildman–Crippen LogP) is 1.83. The molecule has 0 saturated carbocycles. The zero-order chi connectivity index (χ0) is 17.5. The molecule has 132 valence electrons. The van der Waals surface area contributed by atoms with Crippen LogP contribution in [0, 0.1) is 0 Å². The van der Waals surface area contributed by atoms with Crippen molar-refractivity contribution in [1.29, 1.82) is 0 Å². The first-order valence-corrected chi connectivity index (χ1v) is 9.56. The normalized spacial score (nSPS) is 17.4. The minimum Gasteiger partial charge on any atom is -0.345 e. The van der Waals surface area contributed by atoms with E-state index in [1.165, 1.54) is 0 Å². The minimum atomic E-state index is -0.00848. The largest absolute Gasteiger partial charge is 0.345 e. The molecule has 1 aromatic carbocycles. The maximum Gasteiger partial charge on any atom is 0.253 e. The van der Waals surface area contributed by atoms with Gasteiger partial charge in [-0.1, -0.05) is 12.1 Å². The molecule has 1 saturated heterocycles. The third-order valence-corrected chi connectivity index (χ3v) is 5.27. The molecule has 2 rings (SSSR count). The van der Waals surface area contributed by atoms with Gasteiger partial charge in [-0.05, 0) is 24.6 Å². The van der Waals surface area contributed by atoms with Crippen molar-refractivity contribution in [2.45, 2.75) is 25.9 Å². The number of hydrogen-bond acceptors (Lipinski definition) is 4. The summed E-state index contributed by atoms with van der Waals surface area (Å²) in [6.07, 6.45) is 0.554. The van der Waals surface area contributed by atoms with Gasteiger partial charge in [-0.2, -0.15) is 11.8 Å². The van der Waals surface area contributed by atoms with Crippen LogP contribution in [0.5, 0.6) is 0 Å². The topological polar surface area (TPSA) is 52.7 Å². The van der Waals surface area contributed by atoms with E-state index in [-0.39, 0.29) is 17.9 Å². The van der Waals surface area contributed by atoms with Gasteiger partial charge in [-0.15, -0.1) is 0 Å². The fourth-order valence-corrected chi connectivity index (χ4v) is 3.65. The molecule has 1 N–H and O–H groups in total. The molecule has 0 aliphatic carbocycles. The second-order valence-electron chi connectivity index (χ2n) is 6.23. The zero-order valence-electron chi connectivity index (χ0n) is 14.7. The first-order chi connectivity index (χ1) is 11.5. The molecule has 1 atom stereocenters. The fraction of sp³-hybridized carbons (Fsp3) is 0.556. The summed E-state index contributed by atoms with van der Waals surface area (Å²) in [6.45, 7) is 4.27. The van der Waals surface area contributed by atoms with Crippen LogP contribution < -0.4 is 5.32 Å². The van der Waals surface area contributed by atoms with Crippen LogP contribution in [-0.4, -0.2) is 66.3 Å². The van der Waals surface area contributed by atoms with E-state index in [9.17, 15) is 9.59 Å². The third-order valence-electron chi connectivity index (χ3n) is 4.13. The van der Waals surface area contributed by atoms with Crippen LogP contribution in [0.25, 0.3) is 0 Å². The van der Waals surface area contributed by atoms with Crippen LogP contribution in [0.4, 0.5) is 0 Å². The maximum atomic E-state index is 12.5. The Morgan fingerprint density at radius 3 is 2.50 bits per heavy atom. The van der Waals surface area contributed by atoms with Crippen molar-refractivity contribution in [3.8, 4) is 0 Å². The zero-order valence-corrected chi connectivity index (χ0v) is 15.6. The van der Waals surface area contributed by atoms with Crippen LogP contribution in [0.15, 0.2) is 24.3 Å². The fourth-order valence-electron chi connectivity index (χ4n) is 2.70. The Morgan fingerprint density at radius 1 is 1.25 bits per heavy atom. The number of amides is 2. The van der Waals surface area contributed by atoms with Gasteiger partial charge in [0.05, 0.1) is 0 Å². The summed E-state index contributed by atoms with van der Waals surface area (Å²) >= 11 is 1.91. The van der Waals surface area contributed by atoms with E-state index in [1.807, 2.05) is 47.9 Å². The molecular weight excluding hydrogens is 322 g/mol. The smallest absolute Gasteiger partial charge is 0.253 e. The Hall–Kier alpha value is -1.53. The molecule has 0 radical (unpaired) electrons. The van der Waals surface area contributed by atoms with Crippen LogP contribution in [0.3, 0.4) is 0 Å². The number of rotatable bonds is 6. The van der Waals surface area contributed by atoms with E-state index in [4.69, 9.17) is 0 Å². The molecule has 2 amide bonds. The number of hydrogen-bond donors (Lipinski definition) is 1. The highest BCUT2D eigenvalue weighted by atomic mass is 32.2. The van der Waals surface area contributed by atoms with Crippen molar-refractivity contribution in [1.82, 2.24) is 15.1 Å². The van der Waals surface area contributed by atoms with Gasteiger partial charge in [0.1, 0.15) is 0 Å².